The van der Waals surface area contributed by atoms with Gasteiger partial charge in [-0.2, -0.15) is 0 Å². The third-order valence-corrected chi connectivity index (χ3v) is 3.98. The van der Waals surface area contributed by atoms with Crippen LogP contribution in [-0.4, -0.2) is 23.2 Å². The largest absolute Gasteiger partial charge is 0.489 e. The molecule has 3 aromatic rings. The average Bonchev–Trinajstić information content (AvgIpc) is 3.01. The number of ether oxygens (including phenoxy) is 2. The molecule has 4 rings (SSSR count). The molecule has 4 nitrogen and oxygen atoms in total. The molecular formula is C14H12N2O2S. The molecule has 1 aliphatic rings. The molecule has 1 aliphatic heterocycles. The van der Waals surface area contributed by atoms with Gasteiger partial charge in [-0.15, -0.1) is 11.3 Å². The number of H-pyrrole nitrogens is 1. The number of hydrogen-bond acceptors (Lipinski definition) is 4. The minimum Gasteiger partial charge on any atom is -0.489 e. The van der Waals surface area contributed by atoms with E-state index in [-0.39, 0.29) is 0 Å². The Balaban J connectivity index is 1.86. The lowest BCUT2D eigenvalue weighted by Crippen LogP contribution is -1.97. The van der Waals surface area contributed by atoms with Gasteiger partial charge in [0.25, 0.3) is 0 Å². The van der Waals surface area contributed by atoms with Gasteiger partial charge in [0.1, 0.15) is 5.82 Å². The van der Waals surface area contributed by atoms with Crippen LogP contribution in [-0.2, 0) is 0 Å². The number of nitrogens with one attached hydrogen (secondary N) is 1. The maximum absolute atomic E-state index is 5.69. The van der Waals surface area contributed by atoms with E-state index in [4.69, 9.17) is 9.47 Å². The lowest BCUT2D eigenvalue weighted by Gasteiger charge is -2.05. The van der Waals surface area contributed by atoms with Crippen LogP contribution in [0.15, 0.2) is 29.6 Å². The zero-order chi connectivity index (χ0) is 12.7. The second kappa shape index (κ2) is 4.28. The van der Waals surface area contributed by atoms with Gasteiger partial charge in [-0.25, -0.2) is 4.98 Å². The van der Waals surface area contributed by atoms with Crippen molar-refractivity contribution in [3.8, 4) is 22.2 Å². The molecule has 0 aliphatic carbocycles. The Morgan fingerprint density at radius 3 is 2.79 bits per heavy atom. The molecule has 5 heteroatoms. The van der Waals surface area contributed by atoms with Crippen LogP contribution >= 0.6 is 11.3 Å². The molecule has 0 fully saturated rings. The number of aromatic amines is 1. The fourth-order valence-corrected chi connectivity index (χ4v) is 2.87. The first-order valence-corrected chi connectivity index (χ1v) is 7.11. The van der Waals surface area contributed by atoms with Crippen molar-refractivity contribution in [1.82, 2.24) is 9.97 Å². The summed E-state index contributed by atoms with van der Waals surface area (Å²) < 4.78 is 11.4. The molecule has 0 saturated heterocycles. The summed E-state index contributed by atoms with van der Waals surface area (Å²) in [6.07, 6.45) is 0.913. The first-order chi connectivity index (χ1) is 9.40. The molecule has 3 heterocycles. The van der Waals surface area contributed by atoms with Crippen LogP contribution < -0.4 is 9.47 Å². The van der Waals surface area contributed by atoms with Crippen LogP contribution in [0.2, 0.25) is 0 Å². The Hall–Kier alpha value is -2.01. The topological polar surface area (TPSA) is 47.1 Å². The minimum absolute atomic E-state index is 0.695. The Morgan fingerprint density at radius 1 is 1.16 bits per heavy atom. The van der Waals surface area contributed by atoms with Crippen LogP contribution in [0.1, 0.15) is 6.42 Å². The monoisotopic (exact) mass is 272 g/mol. The Kier molecular flexibility index (Phi) is 2.45. The maximum Gasteiger partial charge on any atom is 0.163 e. The molecular weight excluding hydrogens is 260 g/mol. The lowest BCUT2D eigenvalue weighted by atomic mass is 10.3. The highest BCUT2D eigenvalue weighted by molar-refractivity contribution is 7.13. The van der Waals surface area contributed by atoms with Gasteiger partial charge >= 0.3 is 0 Å². The van der Waals surface area contributed by atoms with E-state index in [0.717, 1.165) is 39.7 Å². The summed E-state index contributed by atoms with van der Waals surface area (Å²) in [5.74, 6) is 2.48. The van der Waals surface area contributed by atoms with E-state index >= 15 is 0 Å². The van der Waals surface area contributed by atoms with E-state index in [2.05, 4.69) is 16.0 Å². The van der Waals surface area contributed by atoms with Gasteiger partial charge in [-0.3, -0.25) is 0 Å². The van der Waals surface area contributed by atoms with Crippen molar-refractivity contribution in [2.75, 3.05) is 13.2 Å². The predicted molar refractivity (Wildman–Crippen MR) is 75.0 cm³/mol. The van der Waals surface area contributed by atoms with E-state index < -0.39 is 0 Å². The quantitative estimate of drug-likeness (QED) is 0.738. The van der Waals surface area contributed by atoms with Gasteiger partial charge in [0.05, 0.1) is 29.1 Å². The molecule has 0 atom stereocenters. The van der Waals surface area contributed by atoms with Crippen LogP contribution in [0.3, 0.4) is 0 Å². The lowest BCUT2D eigenvalue weighted by molar-refractivity contribution is 0.297. The van der Waals surface area contributed by atoms with Gasteiger partial charge in [0.2, 0.25) is 0 Å². The van der Waals surface area contributed by atoms with Gasteiger partial charge < -0.3 is 14.5 Å². The van der Waals surface area contributed by atoms with Crippen LogP contribution in [0.4, 0.5) is 0 Å². The number of thiophene rings is 1. The number of benzene rings is 1. The Bertz CT molecular complexity index is 675. The van der Waals surface area contributed by atoms with Crippen molar-refractivity contribution >= 4 is 22.4 Å². The highest BCUT2D eigenvalue weighted by Gasteiger charge is 2.14. The smallest absolute Gasteiger partial charge is 0.163 e. The second-order valence-corrected chi connectivity index (χ2v) is 5.38. The van der Waals surface area contributed by atoms with Crippen LogP contribution in [0.25, 0.3) is 21.7 Å². The van der Waals surface area contributed by atoms with Crippen LogP contribution in [0.5, 0.6) is 11.5 Å². The second-order valence-electron chi connectivity index (χ2n) is 4.43. The number of imidazole rings is 1. The van der Waals surface area contributed by atoms with E-state index in [1.165, 1.54) is 0 Å². The molecule has 0 radical (unpaired) electrons. The molecule has 2 aromatic heterocycles. The van der Waals surface area contributed by atoms with Crippen molar-refractivity contribution in [2.24, 2.45) is 0 Å². The third kappa shape index (κ3) is 1.86. The summed E-state index contributed by atoms with van der Waals surface area (Å²) in [7, 11) is 0. The first kappa shape index (κ1) is 10.9. The molecule has 1 N–H and O–H groups in total. The van der Waals surface area contributed by atoms with Crippen LogP contribution in [0, 0.1) is 0 Å². The molecule has 0 bridgehead atoms. The number of nitrogens with zero attached hydrogens (tertiary/aromatic N) is 1. The number of rotatable bonds is 1. The Morgan fingerprint density at radius 2 is 2.00 bits per heavy atom. The summed E-state index contributed by atoms with van der Waals surface area (Å²) in [5, 5.41) is 2.05. The molecule has 0 amide bonds. The summed E-state index contributed by atoms with van der Waals surface area (Å²) >= 11 is 1.67. The summed E-state index contributed by atoms with van der Waals surface area (Å²) in [6.45, 7) is 1.39. The van der Waals surface area contributed by atoms with Crippen molar-refractivity contribution in [1.29, 1.82) is 0 Å². The van der Waals surface area contributed by atoms with Crippen molar-refractivity contribution in [3.05, 3.63) is 29.6 Å². The van der Waals surface area contributed by atoms with Gasteiger partial charge in [0.15, 0.2) is 11.5 Å². The zero-order valence-electron chi connectivity index (χ0n) is 10.2. The number of hydrogen-bond donors (Lipinski definition) is 1. The van der Waals surface area contributed by atoms with E-state index in [9.17, 15) is 0 Å². The van der Waals surface area contributed by atoms with Gasteiger partial charge in [-0.1, -0.05) is 6.07 Å². The van der Waals surface area contributed by atoms with E-state index in [1.54, 1.807) is 11.3 Å². The highest BCUT2D eigenvalue weighted by Crippen LogP contribution is 2.34. The summed E-state index contributed by atoms with van der Waals surface area (Å²) in [5.41, 5.74) is 1.89. The molecule has 0 saturated carbocycles. The Labute approximate surface area is 114 Å². The van der Waals surface area contributed by atoms with Crippen molar-refractivity contribution < 1.29 is 9.47 Å². The fraction of sp³-hybridized carbons (Fsp3) is 0.214. The maximum atomic E-state index is 5.69. The van der Waals surface area contributed by atoms with Crippen molar-refractivity contribution in [2.45, 2.75) is 6.42 Å². The van der Waals surface area contributed by atoms with Gasteiger partial charge in [0, 0.05) is 18.6 Å². The van der Waals surface area contributed by atoms with E-state index in [0.29, 0.717) is 13.2 Å². The molecule has 1 aromatic carbocycles. The number of aromatic nitrogens is 2. The van der Waals surface area contributed by atoms with Gasteiger partial charge in [-0.05, 0) is 11.4 Å². The molecule has 19 heavy (non-hydrogen) atoms. The SMILES string of the molecule is c1csc(-c2nc3cc4c(cc3[nH]2)OCCCO4)c1. The minimum atomic E-state index is 0.695. The molecule has 0 unspecified atom stereocenters. The molecule has 0 spiro atoms. The summed E-state index contributed by atoms with van der Waals surface area (Å²) in [4.78, 5) is 9.08. The third-order valence-electron chi connectivity index (χ3n) is 3.11. The average molecular weight is 272 g/mol. The molecule has 96 valence electrons. The van der Waals surface area contributed by atoms with E-state index in [1.807, 2.05) is 23.6 Å². The fourth-order valence-electron chi connectivity index (χ4n) is 2.20. The van der Waals surface area contributed by atoms with Crippen molar-refractivity contribution in [3.63, 3.8) is 0 Å². The first-order valence-electron chi connectivity index (χ1n) is 6.23. The highest BCUT2D eigenvalue weighted by atomic mass is 32.1. The predicted octanol–water partition coefficient (Wildman–Crippen LogP) is 3.45. The standard InChI is InChI=1S/C14H12N2O2S/c1-3-13(19-6-1)14-15-9-7-11-12(8-10(9)16-14)18-5-2-4-17-11/h1,3,6-8H,2,4-5H2,(H,15,16). The zero-order valence-corrected chi connectivity index (χ0v) is 11.0. The normalized spacial score (nSPS) is 14.5. The summed E-state index contributed by atoms with van der Waals surface area (Å²) in [6, 6.07) is 8.00. The number of fused-ring (bicyclic) bond motifs is 2.